The number of thiophene rings is 1. The van der Waals surface area contributed by atoms with Crippen LogP contribution in [0.2, 0.25) is 0 Å². The van der Waals surface area contributed by atoms with Crippen LogP contribution in [0.15, 0.2) is 50.9 Å². The predicted octanol–water partition coefficient (Wildman–Crippen LogP) is 4.65. The van der Waals surface area contributed by atoms with Gasteiger partial charge < -0.3 is 9.73 Å². The summed E-state index contributed by atoms with van der Waals surface area (Å²) in [5.74, 6) is 0.640. The van der Waals surface area contributed by atoms with Gasteiger partial charge in [0.25, 0.3) is 0 Å². The lowest BCUT2D eigenvalue weighted by Gasteiger charge is -2.06. The van der Waals surface area contributed by atoms with Gasteiger partial charge >= 0.3 is 0 Å². The van der Waals surface area contributed by atoms with E-state index in [0.29, 0.717) is 18.0 Å². The molecule has 0 bridgehead atoms. The Hall–Kier alpha value is -2.10. The normalized spacial score (nSPS) is 10.3. The van der Waals surface area contributed by atoms with E-state index in [9.17, 15) is 0 Å². The van der Waals surface area contributed by atoms with Crippen molar-refractivity contribution >= 4 is 33.0 Å². The van der Waals surface area contributed by atoms with Crippen LogP contribution >= 0.6 is 27.3 Å². The van der Waals surface area contributed by atoms with E-state index in [0.717, 1.165) is 20.7 Å². The second-order valence-corrected chi connectivity index (χ2v) is 6.08. The van der Waals surface area contributed by atoms with Crippen LogP contribution in [0.3, 0.4) is 0 Å². The lowest BCUT2D eigenvalue weighted by molar-refractivity contribution is 0.574. The third kappa shape index (κ3) is 3.15. The van der Waals surface area contributed by atoms with Gasteiger partial charge in [-0.3, -0.25) is 0 Å². The molecule has 6 heteroatoms. The molecular formula is C15H10BrN3OS. The molecule has 0 unspecified atom stereocenters. The van der Waals surface area contributed by atoms with Crippen LogP contribution in [0.1, 0.15) is 11.3 Å². The fourth-order valence-electron chi connectivity index (χ4n) is 1.82. The maximum atomic E-state index is 8.84. The Morgan fingerprint density at radius 2 is 2.29 bits per heavy atom. The van der Waals surface area contributed by atoms with Crippen LogP contribution < -0.4 is 5.32 Å². The molecule has 0 spiro atoms. The van der Waals surface area contributed by atoms with Crippen LogP contribution in [-0.4, -0.2) is 4.98 Å². The number of rotatable bonds is 4. The second-order valence-electron chi connectivity index (χ2n) is 4.28. The van der Waals surface area contributed by atoms with Gasteiger partial charge in [-0.25, -0.2) is 4.98 Å². The van der Waals surface area contributed by atoms with E-state index in [-0.39, 0.29) is 0 Å². The van der Waals surface area contributed by atoms with Crippen molar-refractivity contribution in [1.29, 1.82) is 5.26 Å². The van der Waals surface area contributed by atoms with Gasteiger partial charge in [-0.05, 0) is 45.6 Å². The Labute approximate surface area is 134 Å². The summed E-state index contributed by atoms with van der Waals surface area (Å²) in [6.45, 7) is 0.555. The van der Waals surface area contributed by atoms with Crippen molar-refractivity contribution in [2.45, 2.75) is 6.54 Å². The molecule has 3 aromatic rings. The molecule has 1 aromatic carbocycles. The summed E-state index contributed by atoms with van der Waals surface area (Å²) < 4.78 is 6.32. The third-order valence-corrected chi connectivity index (χ3v) is 4.36. The number of hydrogen-bond acceptors (Lipinski definition) is 5. The molecule has 0 aliphatic carbocycles. The number of aromatic nitrogens is 1. The van der Waals surface area contributed by atoms with Crippen LogP contribution in [0, 0.1) is 11.3 Å². The second kappa shape index (κ2) is 6.12. The molecule has 0 radical (unpaired) electrons. The third-order valence-electron chi connectivity index (χ3n) is 2.84. The van der Waals surface area contributed by atoms with Gasteiger partial charge in [0.05, 0.1) is 28.7 Å². The van der Waals surface area contributed by atoms with E-state index in [1.54, 1.807) is 29.7 Å². The van der Waals surface area contributed by atoms with Crippen molar-refractivity contribution in [3.8, 4) is 16.8 Å². The number of anilines is 1. The van der Waals surface area contributed by atoms with Gasteiger partial charge in [-0.1, -0.05) is 6.07 Å². The number of benzene rings is 1. The topological polar surface area (TPSA) is 61.9 Å². The lowest BCUT2D eigenvalue weighted by Crippen LogP contribution is -2.00. The fourth-order valence-corrected chi connectivity index (χ4v) is 2.99. The predicted molar refractivity (Wildman–Crippen MR) is 86.0 cm³/mol. The molecule has 1 N–H and O–H groups in total. The van der Waals surface area contributed by atoms with Crippen molar-refractivity contribution in [3.05, 3.63) is 57.7 Å². The van der Waals surface area contributed by atoms with Crippen molar-refractivity contribution in [2.24, 2.45) is 0 Å². The highest BCUT2D eigenvalue weighted by molar-refractivity contribution is 9.10. The first kappa shape index (κ1) is 13.9. The first-order valence-electron chi connectivity index (χ1n) is 6.18. The molecule has 3 rings (SSSR count). The molecule has 0 saturated carbocycles. The van der Waals surface area contributed by atoms with Gasteiger partial charge in [-0.2, -0.15) is 5.26 Å². The van der Waals surface area contributed by atoms with Crippen LogP contribution in [0.25, 0.3) is 10.8 Å². The Morgan fingerprint density at radius 1 is 1.38 bits per heavy atom. The molecule has 21 heavy (non-hydrogen) atoms. The van der Waals surface area contributed by atoms with Gasteiger partial charge in [0.15, 0.2) is 0 Å². The van der Waals surface area contributed by atoms with Crippen molar-refractivity contribution in [2.75, 3.05) is 5.32 Å². The molecule has 0 saturated heterocycles. The smallest absolute Gasteiger partial charge is 0.236 e. The SMILES string of the molecule is N#Cc1ccc(NCc2coc(-c3cccs3)n2)c(Br)c1. The van der Waals surface area contributed by atoms with Gasteiger partial charge in [-0.15, -0.1) is 11.3 Å². The van der Waals surface area contributed by atoms with Crippen LogP contribution in [0.5, 0.6) is 0 Å². The Balaban J connectivity index is 1.70. The molecule has 4 nitrogen and oxygen atoms in total. The molecule has 104 valence electrons. The minimum Gasteiger partial charge on any atom is -0.443 e. The quantitative estimate of drug-likeness (QED) is 0.736. The monoisotopic (exact) mass is 359 g/mol. The Kier molecular flexibility index (Phi) is 4.04. The zero-order chi connectivity index (χ0) is 14.7. The number of oxazole rings is 1. The summed E-state index contributed by atoms with van der Waals surface area (Å²) >= 11 is 5.04. The fraction of sp³-hybridized carbons (Fsp3) is 0.0667. The van der Waals surface area contributed by atoms with Gasteiger partial charge in [0.1, 0.15) is 6.26 Å². The summed E-state index contributed by atoms with van der Waals surface area (Å²) in [6.07, 6.45) is 1.65. The Morgan fingerprint density at radius 3 is 3.00 bits per heavy atom. The van der Waals surface area contributed by atoms with Crippen molar-refractivity contribution < 1.29 is 4.42 Å². The van der Waals surface area contributed by atoms with E-state index in [1.807, 2.05) is 23.6 Å². The van der Waals surface area contributed by atoms with Gasteiger partial charge in [0.2, 0.25) is 5.89 Å². The molecule has 0 aliphatic heterocycles. The zero-order valence-corrected chi connectivity index (χ0v) is 13.2. The summed E-state index contributed by atoms with van der Waals surface area (Å²) in [6, 6.07) is 11.5. The minimum atomic E-state index is 0.555. The highest BCUT2D eigenvalue weighted by atomic mass is 79.9. The van der Waals surface area contributed by atoms with E-state index in [1.165, 1.54) is 0 Å². The highest BCUT2D eigenvalue weighted by Crippen LogP contribution is 2.26. The highest BCUT2D eigenvalue weighted by Gasteiger charge is 2.08. The number of nitrogens with one attached hydrogen (secondary N) is 1. The van der Waals surface area contributed by atoms with Crippen molar-refractivity contribution in [1.82, 2.24) is 4.98 Å². The molecule has 2 aromatic heterocycles. The molecule has 0 aliphatic rings. The Bertz CT molecular complexity index is 790. The van der Waals surface area contributed by atoms with E-state index < -0.39 is 0 Å². The number of nitrogens with zero attached hydrogens (tertiary/aromatic N) is 2. The minimum absolute atomic E-state index is 0.555. The zero-order valence-electron chi connectivity index (χ0n) is 10.8. The van der Waals surface area contributed by atoms with Gasteiger partial charge in [0, 0.05) is 10.2 Å². The maximum Gasteiger partial charge on any atom is 0.236 e. The summed E-state index contributed by atoms with van der Waals surface area (Å²) in [4.78, 5) is 5.46. The average molecular weight is 360 g/mol. The maximum absolute atomic E-state index is 8.84. The van der Waals surface area contributed by atoms with E-state index in [2.05, 4.69) is 32.3 Å². The van der Waals surface area contributed by atoms with Crippen molar-refractivity contribution in [3.63, 3.8) is 0 Å². The average Bonchev–Trinajstić information content (AvgIpc) is 3.16. The number of nitriles is 1. The molecular weight excluding hydrogens is 350 g/mol. The standard InChI is InChI=1S/C15H10BrN3OS/c16-12-6-10(7-17)3-4-13(12)18-8-11-9-20-15(19-11)14-2-1-5-21-14/h1-6,9,18H,8H2. The summed E-state index contributed by atoms with van der Waals surface area (Å²) in [5, 5.41) is 14.1. The lowest BCUT2D eigenvalue weighted by atomic mass is 10.2. The van der Waals surface area contributed by atoms with Crippen LogP contribution in [-0.2, 0) is 6.54 Å². The summed E-state index contributed by atoms with van der Waals surface area (Å²) in [5.41, 5.74) is 2.36. The molecule has 0 amide bonds. The molecule has 0 fully saturated rings. The largest absolute Gasteiger partial charge is 0.443 e. The first-order chi connectivity index (χ1) is 10.3. The molecule has 2 heterocycles. The van der Waals surface area contributed by atoms with E-state index in [4.69, 9.17) is 9.68 Å². The van der Waals surface area contributed by atoms with E-state index >= 15 is 0 Å². The van der Waals surface area contributed by atoms with Crippen LogP contribution in [0.4, 0.5) is 5.69 Å². The number of hydrogen-bond donors (Lipinski definition) is 1. The molecule has 0 atom stereocenters. The summed E-state index contributed by atoms with van der Waals surface area (Å²) in [7, 11) is 0. The first-order valence-corrected chi connectivity index (χ1v) is 7.85. The number of halogens is 1.